The average Bonchev–Trinajstić information content (AvgIpc) is 3.14. The summed E-state index contributed by atoms with van der Waals surface area (Å²) in [7, 11) is 0. The number of ether oxygens (including phenoxy) is 3. The molecule has 0 atom stereocenters. The Morgan fingerprint density at radius 3 is 2.38 bits per heavy atom. The number of hydrogen-bond donors (Lipinski definition) is 0. The normalized spacial score (nSPS) is 11.8. The van der Waals surface area contributed by atoms with Crippen LogP contribution in [-0.2, 0) is 28.9 Å². The van der Waals surface area contributed by atoms with E-state index in [4.69, 9.17) is 14.2 Å². The number of benzene rings is 2. The number of esters is 1. The number of nitrogens with zero attached hydrogens (tertiary/aromatic N) is 3. The van der Waals surface area contributed by atoms with Crippen LogP contribution in [0.1, 0.15) is 37.7 Å². The summed E-state index contributed by atoms with van der Waals surface area (Å²) in [6, 6.07) is 9.15. The maximum atomic E-state index is 12.9. The van der Waals surface area contributed by atoms with Gasteiger partial charge in [0.2, 0.25) is 0 Å². The minimum Gasteiger partial charge on any atom is -0.486 e. The lowest BCUT2D eigenvalue weighted by molar-refractivity contribution is -0.158. The largest absolute Gasteiger partial charge is 0.486 e. The predicted octanol–water partition coefficient (Wildman–Crippen LogP) is 4.85. The van der Waals surface area contributed by atoms with Crippen LogP contribution >= 0.6 is 0 Å². The van der Waals surface area contributed by atoms with Crippen LogP contribution in [-0.4, -0.2) is 32.5 Å². The molecule has 1 aromatic heterocycles. The fourth-order valence-electron chi connectivity index (χ4n) is 3.41. The molecule has 3 rings (SSSR count). The monoisotopic (exact) mass is 519 g/mol. The van der Waals surface area contributed by atoms with Crippen molar-refractivity contribution in [3.63, 3.8) is 0 Å². The highest BCUT2D eigenvalue weighted by Gasteiger charge is 2.32. The second-order valence-electron chi connectivity index (χ2n) is 8.60. The first kappa shape index (κ1) is 27.6. The van der Waals surface area contributed by atoms with Gasteiger partial charge in [0, 0.05) is 6.54 Å². The summed E-state index contributed by atoms with van der Waals surface area (Å²) in [5, 5.41) is 4.27. The molecule has 0 fully saturated rings. The van der Waals surface area contributed by atoms with Gasteiger partial charge in [-0.05, 0) is 75.7 Å². The first-order valence-corrected chi connectivity index (χ1v) is 11.4. The minimum atomic E-state index is -4.49. The average molecular weight is 520 g/mol. The van der Waals surface area contributed by atoms with Gasteiger partial charge in [0.25, 0.3) is 0 Å². The van der Waals surface area contributed by atoms with Gasteiger partial charge in [0.05, 0.1) is 17.9 Å². The Hall–Kier alpha value is -4.02. The molecule has 0 aliphatic heterocycles. The number of carbonyl (C=O) groups excluding carboxylic acids is 1. The molecule has 0 saturated carbocycles. The van der Waals surface area contributed by atoms with E-state index in [0.717, 1.165) is 16.8 Å². The highest BCUT2D eigenvalue weighted by atomic mass is 19.4. The van der Waals surface area contributed by atoms with Gasteiger partial charge in [-0.2, -0.15) is 17.9 Å². The Labute approximate surface area is 211 Å². The van der Waals surface area contributed by atoms with Gasteiger partial charge >= 0.3 is 17.8 Å². The van der Waals surface area contributed by atoms with Crippen LogP contribution in [0.2, 0.25) is 0 Å². The molecule has 0 bridgehead atoms. The maximum absolute atomic E-state index is 12.9. The van der Waals surface area contributed by atoms with Crippen molar-refractivity contribution in [2.45, 2.75) is 52.6 Å². The zero-order valence-corrected chi connectivity index (χ0v) is 21.0. The van der Waals surface area contributed by atoms with Crippen LogP contribution in [0.5, 0.6) is 11.5 Å². The molecule has 8 nitrogen and oxygen atoms in total. The van der Waals surface area contributed by atoms with Gasteiger partial charge in [0.1, 0.15) is 18.1 Å². The molecule has 0 saturated heterocycles. The van der Waals surface area contributed by atoms with E-state index in [0.29, 0.717) is 17.1 Å². The van der Waals surface area contributed by atoms with Gasteiger partial charge in [-0.3, -0.25) is 4.57 Å². The van der Waals surface area contributed by atoms with Crippen molar-refractivity contribution in [1.29, 1.82) is 0 Å². The van der Waals surface area contributed by atoms with Crippen molar-refractivity contribution < 1.29 is 32.2 Å². The van der Waals surface area contributed by atoms with Crippen LogP contribution in [0, 0.1) is 6.92 Å². The summed E-state index contributed by atoms with van der Waals surface area (Å²) in [4.78, 5) is 25.0. The second kappa shape index (κ2) is 10.9. The van der Waals surface area contributed by atoms with Crippen molar-refractivity contribution in [3.05, 3.63) is 82.6 Å². The number of carbonyl (C=O) groups is 1. The van der Waals surface area contributed by atoms with Gasteiger partial charge < -0.3 is 14.2 Å². The Balaban J connectivity index is 1.80. The third-order valence-electron chi connectivity index (χ3n) is 5.34. The van der Waals surface area contributed by atoms with E-state index in [9.17, 15) is 22.8 Å². The summed E-state index contributed by atoms with van der Waals surface area (Å²) in [5.41, 5.74) is -1.67. The number of allylic oxidation sites excluding steroid dienone is 1. The number of aryl methyl sites for hydroxylation is 1. The lowest BCUT2D eigenvalue weighted by Crippen LogP contribution is -2.39. The lowest BCUT2D eigenvalue weighted by atomic mass is 10.1. The van der Waals surface area contributed by atoms with E-state index in [1.165, 1.54) is 22.8 Å². The van der Waals surface area contributed by atoms with E-state index in [2.05, 4.69) is 11.7 Å². The molecule has 0 N–H and O–H groups in total. The molecule has 3 aromatic rings. The Morgan fingerprint density at radius 2 is 1.81 bits per heavy atom. The SMILES string of the molecule is C=CCn1c(COc2ccc(OC(C)(C)C(=O)OCC)c(C)c2)nn(-c2ccc(C(F)(F)F)cc2)c1=O. The topological polar surface area (TPSA) is 84.6 Å². The van der Waals surface area contributed by atoms with Crippen LogP contribution < -0.4 is 15.2 Å². The van der Waals surface area contributed by atoms with Crippen molar-refractivity contribution in [2.75, 3.05) is 6.61 Å². The zero-order valence-electron chi connectivity index (χ0n) is 21.0. The third kappa shape index (κ3) is 6.41. The van der Waals surface area contributed by atoms with Crippen molar-refractivity contribution in [1.82, 2.24) is 14.3 Å². The van der Waals surface area contributed by atoms with Crippen molar-refractivity contribution >= 4 is 5.97 Å². The Kier molecular flexibility index (Phi) is 8.15. The smallest absolute Gasteiger partial charge is 0.416 e. The third-order valence-corrected chi connectivity index (χ3v) is 5.34. The molecule has 2 aromatic carbocycles. The molecular formula is C26H28F3N3O5. The fourth-order valence-corrected chi connectivity index (χ4v) is 3.41. The van der Waals surface area contributed by atoms with Crippen LogP contribution in [0.15, 0.2) is 59.9 Å². The first-order valence-electron chi connectivity index (χ1n) is 11.4. The Bertz CT molecular complexity index is 1320. The summed E-state index contributed by atoms with van der Waals surface area (Å²) in [6.07, 6.45) is -2.98. The van der Waals surface area contributed by atoms with Gasteiger partial charge in [-0.1, -0.05) is 6.08 Å². The number of aromatic nitrogens is 3. The first-order chi connectivity index (χ1) is 17.4. The van der Waals surface area contributed by atoms with Gasteiger partial charge in [0.15, 0.2) is 11.4 Å². The molecule has 0 unspecified atom stereocenters. The Morgan fingerprint density at radius 1 is 1.14 bits per heavy atom. The number of hydrogen-bond acceptors (Lipinski definition) is 6. The van der Waals surface area contributed by atoms with E-state index in [-0.39, 0.29) is 31.3 Å². The van der Waals surface area contributed by atoms with E-state index >= 15 is 0 Å². The standard InChI is InChI=1S/C26H28F3N3O5/c1-6-14-31-22(30-32(24(31)34)19-10-8-18(9-11-19)26(27,28)29)16-36-20-12-13-21(17(3)15-20)37-25(4,5)23(33)35-7-2/h6,8-13,15H,1,7,14,16H2,2-5H3. The molecule has 0 radical (unpaired) electrons. The quantitative estimate of drug-likeness (QED) is 0.281. The fraction of sp³-hybridized carbons (Fsp3) is 0.346. The molecule has 198 valence electrons. The van der Waals surface area contributed by atoms with Crippen LogP contribution in [0.3, 0.4) is 0 Å². The summed E-state index contributed by atoms with van der Waals surface area (Å²) in [5.74, 6) is 0.700. The molecular weight excluding hydrogens is 491 g/mol. The predicted molar refractivity (Wildman–Crippen MR) is 130 cm³/mol. The van der Waals surface area contributed by atoms with Gasteiger partial charge in [-0.15, -0.1) is 11.7 Å². The highest BCUT2D eigenvalue weighted by Crippen LogP contribution is 2.30. The molecule has 11 heteroatoms. The molecule has 1 heterocycles. The summed E-state index contributed by atoms with van der Waals surface area (Å²) < 4.78 is 57.7. The van der Waals surface area contributed by atoms with Gasteiger partial charge in [-0.25, -0.2) is 9.59 Å². The maximum Gasteiger partial charge on any atom is 0.416 e. The lowest BCUT2D eigenvalue weighted by Gasteiger charge is -2.25. The summed E-state index contributed by atoms with van der Waals surface area (Å²) >= 11 is 0. The second-order valence-corrected chi connectivity index (χ2v) is 8.60. The molecule has 0 aliphatic carbocycles. The molecule has 37 heavy (non-hydrogen) atoms. The van der Waals surface area contributed by atoms with Crippen molar-refractivity contribution in [2.24, 2.45) is 0 Å². The number of alkyl halides is 3. The van der Waals surface area contributed by atoms with Crippen LogP contribution in [0.4, 0.5) is 13.2 Å². The highest BCUT2D eigenvalue weighted by molar-refractivity contribution is 5.79. The molecule has 0 amide bonds. The minimum absolute atomic E-state index is 0.0926. The zero-order chi connectivity index (χ0) is 27.4. The van der Waals surface area contributed by atoms with E-state index in [1.807, 2.05) is 0 Å². The van der Waals surface area contributed by atoms with E-state index < -0.39 is 29.0 Å². The summed E-state index contributed by atoms with van der Waals surface area (Å²) in [6.45, 7) is 10.6. The van der Waals surface area contributed by atoms with Crippen molar-refractivity contribution in [3.8, 4) is 17.2 Å². The number of halogens is 3. The van der Waals surface area contributed by atoms with Crippen LogP contribution in [0.25, 0.3) is 5.69 Å². The number of rotatable bonds is 10. The molecule has 0 aliphatic rings. The molecule has 0 spiro atoms. The van der Waals surface area contributed by atoms with E-state index in [1.54, 1.807) is 45.9 Å².